The Hall–Kier alpha value is -2.98. The number of rotatable bonds is 6. The number of thiophene rings is 1. The topological polar surface area (TPSA) is 118 Å². The lowest BCUT2D eigenvalue weighted by molar-refractivity contribution is 0.101. The summed E-state index contributed by atoms with van der Waals surface area (Å²) in [6.45, 7) is -12.0. The Bertz CT molecular complexity index is 1750. The Morgan fingerprint density at radius 3 is 2.80 bits per heavy atom. The van der Waals surface area contributed by atoms with Crippen molar-refractivity contribution in [2.75, 3.05) is 10.0 Å². The number of aryl methyl sites for hydroxylation is 1. The zero-order valence-corrected chi connectivity index (χ0v) is 16.6. The molecular weight excluding hydrogens is 426 g/mol. The first-order valence-corrected chi connectivity index (χ1v) is 10.2. The van der Waals surface area contributed by atoms with E-state index in [-0.39, 0.29) is 5.69 Å². The standard InChI is InChI=1S/C20H21N3O5S2/c1-10-8-11(2)17(15(9-10)14(5)24)21-19(25)18-16(6-7-29-18)30(26,27)23-20-12(3)13(4)22-28-20/h6-9,23H,1-5H3,(H,21,25)/i1D3,2D3,3D3,5D3,8D,9D. The van der Waals surface area contributed by atoms with Crippen molar-refractivity contribution in [1.82, 2.24) is 5.16 Å². The lowest BCUT2D eigenvalue weighted by Crippen LogP contribution is -2.20. The van der Waals surface area contributed by atoms with Gasteiger partial charge in [-0.1, -0.05) is 11.2 Å². The minimum atomic E-state index is -4.84. The normalized spacial score (nSPS) is 19.9. The summed E-state index contributed by atoms with van der Waals surface area (Å²) < 4.78 is 142. The number of hydrogen-bond acceptors (Lipinski definition) is 7. The molecule has 3 rings (SSSR count). The van der Waals surface area contributed by atoms with Gasteiger partial charge in [0.05, 0.1) is 14.1 Å². The first-order valence-electron chi connectivity index (χ1n) is 14.8. The predicted molar refractivity (Wildman–Crippen MR) is 115 cm³/mol. The molecule has 0 aliphatic rings. The summed E-state index contributed by atoms with van der Waals surface area (Å²) in [6.07, 6.45) is 0. The van der Waals surface area contributed by atoms with Crippen LogP contribution in [0.15, 0.2) is 32.9 Å². The van der Waals surface area contributed by atoms with E-state index in [9.17, 15) is 18.0 Å². The van der Waals surface area contributed by atoms with Crippen molar-refractivity contribution in [1.29, 1.82) is 0 Å². The average Bonchev–Trinajstić information content (AvgIpc) is 3.43. The van der Waals surface area contributed by atoms with Gasteiger partial charge in [0.15, 0.2) is 5.78 Å². The molecule has 0 radical (unpaired) electrons. The average molecular weight is 462 g/mol. The van der Waals surface area contributed by atoms with Crippen molar-refractivity contribution in [3.63, 3.8) is 0 Å². The Balaban J connectivity index is 2.25. The van der Waals surface area contributed by atoms with Crippen molar-refractivity contribution in [3.05, 3.63) is 56.4 Å². The summed E-state index contributed by atoms with van der Waals surface area (Å²) in [6, 6.07) is -1.74. The van der Waals surface area contributed by atoms with E-state index in [0.29, 0.717) is 11.3 Å². The molecule has 3 aromatic rings. The van der Waals surface area contributed by atoms with E-state index < -0.39 is 105 Å². The molecule has 2 N–H and O–H groups in total. The summed E-state index contributed by atoms with van der Waals surface area (Å²) in [7, 11) is -4.84. The predicted octanol–water partition coefficient (Wildman–Crippen LogP) is 4.23. The number of aromatic nitrogens is 1. The van der Waals surface area contributed by atoms with E-state index >= 15 is 0 Å². The van der Waals surface area contributed by atoms with Crippen LogP contribution >= 0.6 is 11.3 Å². The molecule has 158 valence electrons. The number of hydrogen-bond donors (Lipinski definition) is 2. The van der Waals surface area contributed by atoms with Gasteiger partial charge in [-0.3, -0.25) is 9.59 Å². The highest BCUT2D eigenvalue weighted by molar-refractivity contribution is 7.93. The van der Waals surface area contributed by atoms with Crippen LogP contribution in [-0.4, -0.2) is 25.3 Å². The molecule has 0 fully saturated rings. The van der Waals surface area contributed by atoms with Gasteiger partial charge in [-0.25, -0.2) is 13.1 Å². The van der Waals surface area contributed by atoms with Gasteiger partial charge in [0, 0.05) is 27.6 Å². The summed E-state index contributed by atoms with van der Waals surface area (Å²) >= 11 is 0.469. The van der Waals surface area contributed by atoms with Crippen molar-refractivity contribution in [2.45, 2.75) is 39.2 Å². The van der Waals surface area contributed by atoms with Crippen LogP contribution in [0.1, 0.15) is 68.5 Å². The smallest absolute Gasteiger partial charge is 0.267 e. The second-order valence-corrected chi connectivity index (χ2v) is 8.29. The van der Waals surface area contributed by atoms with E-state index in [2.05, 4.69) is 5.16 Å². The largest absolute Gasteiger partial charge is 0.337 e. The van der Waals surface area contributed by atoms with E-state index in [1.165, 1.54) is 6.92 Å². The van der Waals surface area contributed by atoms with Crippen LogP contribution < -0.4 is 10.0 Å². The molecule has 2 aromatic heterocycles. The van der Waals surface area contributed by atoms with Crippen LogP contribution in [0.25, 0.3) is 0 Å². The monoisotopic (exact) mass is 461 g/mol. The molecule has 0 bridgehead atoms. The maximum Gasteiger partial charge on any atom is 0.267 e. The number of sulfonamides is 1. The first-order chi connectivity index (χ1) is 19.7. The van der Waals surface area contributed by atoms with Crippen molar-refractivity contribution < 1.29 is 41.7 Å². The zero-order chi connectivity index (χ0) is 34.0. The third-order valence-corrected chi connectivity index (χ3v) is 6.10. The van der Waals surface area contributed by atoms with Crippen LogP contribution in [0.2, 0.25) is 0 Å². The minimum Gasteiger partial charge on any atom is -0.337 e. The molecule has 1 aromatic carbocycles. The van der Waals surface area contributed by atoms with Gasteiger partial charge in [-0.2, -0.15) is 0 Å². The Morgan fingerprint density at radius 1 is 1.27 bits per heavy atom. The lowest BCUT2D eigenvalue weighted by atomic mass is 10.0. The zero-order valence-electron chi connectivity index (χ0n) is 29.0. The fourth-order valence-corrected chi connectivity index (χ4v) is 4.61. The van der Waals surface area contributed by atoms with E-state index in [1.807, 2.05) is 10.0 Å². The van der Waals surface area contributed by atoms with E-state index in [4.69, 9.17) is 23.7 Å². The van der Waals surface area contributed by atoms with Crippen LogP contribution in [0.5, 0.6) is 0 Å². The summed E-state index contributed by atoms with van der Waals surface area (Å²) in [5, 5.41) is 6.45. The van der Waals surface area contributed by atoms with Crippen LogP contribution in [0, 0.1) is 27.5 Å². The van der Waals surface area contributed by atoms with Gasteiger partial charge >= 0.3 is 0 Å². The molecule has 30 heavy (non-hydrogen) atoms. The Morgan fingerprint density at radius 2 is 2.10 bits per heavy atom. The van der Waals surface area contributed by atoms with Crippen LogP contribution in [0.4, 0.5) is 11.6 Å². The minimum absolute atomic E-state index is 0.160. The number of nitrogens with zero attached hydrogens (tertiary/aromatic N) is 1. The van der Waals surface area contributed by atoms with Gasteiger partial charge in [0.25, 0.3) is 15.9 Å². The van der Waals surface area contributed by atoms with Crippen molar-refractivity contribution in [3.8, 4) is 0 Å². The number of ketones is 1. The summed E-state index contributed by atoms with van der Waals surface area (Å²) in [4.78, 5) is 24.9. The second kappa shape index (κ2) is 8.04. The quantitative estimate of drug-likeness (QED) is 0.531. The number of carbonyl (C=O) groups excluding carboxylic acids is 2. The highest BCUT2D eigenvalue weighted by atomic mass is 32.2. The number of carbonyl (C=O) groups is 2. The molecule has 0 spiro atoms. The second-order valence-electron chi connectivity index (χ2n) is 5.72. The van der Waals surface area contributed by atoms with Gasteiger partial charge in [0.2, 0.25) is 5.88 Å². The molecule has 0 saturated carbocycles. The maximum absolute atomic E-state index is 13.4. The molecular formula is C20H21N3O5S2. The van der Waals surface area contributed by atoms with Crippen LogP contribution in [0.3, 0.4) is 0 Å². The van der Waals surface area contributed by atoms with E-state index in [1.54, 1.807) is 0 Å². The van der Waals surface area contributed by atoms with Crippen molar-refractivity contribution in [2.24, 2.45) is 0 Å². The molecule has 0 aliphatic heterocycles. The first kappa shape index (κ1) is 9.88. The molecule has 0 atom stereocenters. The lowest BCUT2D eigenvalue weighted by Gasteiger charge is -2.14. The maximum atomic E-state index is 13.4. The third-order valence-electron chi connectivity index (χ3n) is 3.68. The van der Waals surface area contributed by atoms with Gasteiger partial charge in [-0.05, 0) is 62.9 Å². The number of nitrogens with one attached hydrogen (secondary N) is 2. The molecule has 1 amide bonds. The number of anilines is 2. The van der Waals surface area contributed by atoms with Crippen LogP contribution in [-0.2, 0) is 10.0 Å². The highest BCUT2D eigenvalue weighted by Crippen LogP contribution is 2.29. The van der Waals surface area contributed by atoms with E-state index in [0.717, 1.165) is 11.4 Å². The third kappa shape index (κ3) is 4.14. The van der Waals surface area contributed by atoms with Gasteiger partial charge in [-0.15, -0.1) is 11.3 Å². The van der Waals surface area contributed by atoms with Gasteiger partial charge in [0.1, 0.15) is 9.77 Å². The molecule has 10 heteroatoms. The number of benzene rings is 1. The summed E-state index contributed by atoms with van der Waals surface area (Å²) in [5.74, 6) is -4.17. The SMILES string of the molecule is [2H]c1c(C(=O)C([2H])([2H])[2H])c(NC(=O)c2sccc2S(=O)(=O)Nc2onc(C)c2C([2H])([2H])[2H])c(C([2H])([2H])[2H])c([2H])c1C([2H])([2H])[2H]. The Kier molecular flexibility index (Phi) is 2.65. The molecule has 0 saturated heterocycles. The highest BCUT2D eigenvalue weighted by Gasteiger charge is 2.27. The molecule has 0 aliphatic carbocycles. The number of Topliss-reactive ketones (excluding diaryl/α,β-unsaturated/α-hetero) is 1. The molecule has 8 nitrogen and oxygen atoms in total. The Labute approximate surface area is 198 Å². The van der Waals surface area contributed by atoms with Crippen molar-refractivity contribution >= 4 is 44.6 Å². The molecule has 0 unspecified atom stereocenters. The summed E-state index contributed by atoms with van der Waals surface area (Å²) in [5.41, 5.74) is -5.81. The fourth-order valence-electron chi connectivity index (χ4n) is 2.29. The van der Waals surface area contributed by atoms with Gasteiger partial charge < -0.3 is 9.84 Å². The molecule has 2 heterocycles. The fraction of sp³-hybridized carbons (Fsp3) is 0.250. The number of amides is 1.